The lowest BCUT2D eigenvalue weighted by atomic mass is 10.0. The zero-order chi connectivity index (χ0) is 25.2. The lowest BCUT2D eigenvalue weighted by Crippen LogP contribution is -2.34. The summed E-state index contributed by atoms with van der Waals surface area (Å²) >= 11 is 0. The van der Waals surface area contributed by atoms with Crippen LogP contribution in [0.15, 0.2) is 72.8 Å². The molecule has 8 heteroatoms. The molecule has 1 unspecified atom stereocenters. The van der Waals surface area contributed by atoms with E-state index in [4.69, 9.17) is 10.5 Å². The Labute approximate surface area is 206 Å². The fourth-order valence-electron chi connectivity index (χ4n) is 3.54. The van der Waals surface area contributed by atoms with E-state index in [0.717, 1.165) is 12.1 Å². The van der Waals surface area contributed by atoms with E-state index in [2.05, 4.69) is 20.9 Å². The molecule has 3 amide bonds. The number of anilines is 3. The van der Waals surface area contributed by atoms with Crippen LogP contribution in [0.2, 0.25) is 0 Å². The van der Waals surface area contributed by atoms with Gasteiger partial charge >= 0.3 is 6.03 Å². The zero-order valence-corrected chi connectivity index (χ0v) is 20.4. The monoisotopic (exact) mass is 475 g/mol. The summed E-state index contributed by atoms with van der Waals surface area (Å²) in [5.41, 5.74) is 9.04. The van der Waals surface area contributed by atoms with Gasteiger partial charge in [-0.05, 0) is 75.9 Å². The zero-order valence-electron chi connectivity index (χ0n) is 20.4. The molecule has 0 aliphatic heterocycles. The lowest BCUT2D eigenvalue weighted by Gasteiger charge is -2.22. The second-order valence-electron chi connectivity index (χ2n) is 8.37. The third-order valence-corrected chi connectivity index (χ3v) is 5.36. The van der Waals surface area contributed by atoms with Crippen LogP contribution < -0.4 is 26.4 Å². The predicted molar refractivity (Wildman–Crippen MR) is 141 cm³/mol. The van der Waals surface area contributed by atoms with Crippen LogP contribution in [-0.4, -0.2) is 44.1 Å². The number of hydrogen-bond donors (Lipinski definition) is 4. The first-order valence-corrected chi connectivity index (χ1v) is 11.6. The van der Waals surface area contributed by atoms with Crippen molar-refractivity contribution in [3.63, 3.8) is 0 Å². The van der Waals surface area contributed by atoms with Gasteiger partial charge in [-0.25, -0.2) is 4.79 Å². The highest BCUT2D eigenvalue weighted by molar-refractivity contribution is 6.05. The average Bonchev–Trinajstić information content (AvgIpc) is 2.83. The van der Waals surface area contributed by atoms with Crippen LogP contribution >= 0.6 is 0 Å². The molecule has 0 bridgehead atoms. The van der Waals surface area contributed by atoms with Crippen LogP contribution in [0.25, 0.3) is 0 Å². The molecular formula is C27H33N5O3. The summed E-state index contributed by atoms with van der Waals surface area (Å²) in [5.74, 6) is 0.444. The van der Waals surface area contributed by atoms with Crippen molar-refractivity contribution >= 4 is 29.0 Å². The summed E-state index contributed by atoms with van der Waals surface area (Å²) in [4.78, 5) is 27.5. The van der Waals surface area contributed by atoms with Crippen LogP contribution in [0.5, 0.6) is 5.75 Å². The number of benzene rings is 3. The van der Waals surface area contributed by atoms with E-state index >= 15 is 0 Å². The molecule has 0 aliphatic carbocycles. The second kappa shape index (κ2) is 12.4. The molecule has 0 radical (unpaired) electrons. The van der Waals surface area contributed by atoms with E-state index < -0.39 is 0 Å². The number of amides is 3. The highest BCUT2D eigenvalue weighted by atomic mass is 16.5. The van der Waals surface area contributed by atoms with Crippen LogP contribution in [0.4, 0.5) is 21.9 Å². The number of nitrogens with one attached hydrogen (secondary N) is 3. The van der Waals surface area contributed by atoms with E-state index in [1.165, 1.54) is 0 Å². The van der Waals surface area contributed by atoms with Gasteiger partial charge < -0.3 is 31.3 Å². The largest absolute Gasteiger partial charge is 0.494 e. The summed E-state index contributed by atoms with van der Waals surface area (Å²) in [7, 11) is 3.97. The molecule has 184 valence electrons. The second-order valence-corrected chi connectivity index (χ2v) is 8.37. The van der Waals surface area contributed by atoms with Gasteiger partial charge in [-0.1, -0.05) is 30.3 Å². The summed E-state index contributed by atoms with van der Waals surface area (Å²) in [6.07, 6.45) is 0.700. The maximum atomic E-state index is 12.8. The number of urea groups is 1. The topological polar surface area (TPSA) is 109 Å². The minimum absolute atomic E-state index is 0.241. The molecule has 1 atom stereocenters. The molecule has 35 heavy (non-hydrogen) atoms. The Morgan fingerprint density at radius 2 is 1.71 bits per heavy atom. The highest BCUT2D eigenvalue weighted by Gasteiger charge is 2.17. The van der Waals surface area contributed by atoms with E-state index in [9.17, 15) is 9.59 Å². The third kappa shape index (κ3) is 7.75. The van der Waals surface area contributed by atoms with E-state index in [1.54, 1.807) is 30.3 Å². The Hall–Kier alpha value is -4.04. The Bertz CT molecular complexity index is 1130. The van der Waals surface area contributed by atoms with Crippen molar-refractivity contribution < 1.29 is 14.3 Å². The van der Waals surface area contributed by atoms with Gasteiger partial charge in [0, 0.05) is 17.3 Å². The van der Waals surface area contributed by atoms with E-state index in [0.29, 0.717) is 41.4 Å². The number of nitrogens with zero attached hydrogens (tertiary/aromatic N) is 1. The number of nitrogen functional groups attached to an aromatic ring is 1. The van der Waals surface area contributed by atoms with Crippen molar-refractivity contribution in [3.8, 4) is 5.75 Å². The quantitative estimate of drug-likeness (QED) is 0.317. The molecule has 0 saturated carbocycles. The Balaban J connectivity index is 1.69. The van der Waals surface area contributed by atoms with Crippen molar-refractivity contribution in [2.24, 2.45) is 0 Å². The molecule has 3 aromatic rings. The van der Waals surface area contributed by atoms with Gasteiger partial charge in [0.2, 0.25) is 0 Å². The first-order valence-electron chi connectivity index (χ1n) is 11.6. The normalized spacial score (nSPS) is 11.5. The predicted octanol–water partition coefficient (Wildman–Crippen LogP) is 4.73. The van der Waals surface area contributed by atoms with Gasteiger partial charge in [-0.3, -0.25) is 4.79 Å². The Morgan fingerprint density at radius 3 is 2.40 bits per heavy atom. The van der Waals surface area contributed by atoms with Crippen molar-refractivity contribution in [2.75, 3.05) is 43.6 Å². The molecule has 8 nitrogen and oxygen atoms in total. The summed E-state index contributed by atoms with van der Waals surface area (Å²) < 4.78 is 5.50. The highest BCUT2D eigenvalue weighted by Crippen LogP contribution is 2.22. The standard InChI is InChI=1S/C27H33N5O3/c1-4-35-22-9-7-8-21(18-22)29-27(34)31-24(16-17-32(2)3)19-12-14-20(15-13-19)26(33)30-25-11-6-5-10-23(25)28/h5-15,18,24H,4,16-17,28H2,1-3H3,(H,30,33)(H2,29,31,34). The Kier molecular flexibility index (Phi) is 9.09. The van der Waals surface area contributed by atoms with Gasteiger partial charge in [0.05, 0.1) is 24.0 Å². The van der Waals surface area contributed by atoms with Crippen molar-refractivity contribution in [1.82, 2.24) is 10.2 Å². The molecule has 3 rings (SSSR count). The molecule has 0 spiro atoms. The number of rotatable bonds is 10. The third-order valence-electron chi connectivity index (χ3n) is 5.36. The van der Waals surface area contributed by atoms with Gasteiger partial charge in [-0.2, -0.15) is 0 Å². The van der Waals surface area contributed by atoms with Gasteiger partial charge in [-0.15, -0.1) is 0 Å². The smallest absolute Gasteiger partial charge is 0.319 e. The Morgan fingerprint density at radius 1 is 0.971 bits per heavy atom. The maximum Gasteiger partial charge on any atom is 0.319 e. The number of carbonyl (C=O) groups is 2. The van der Waals surface area contributed by atoms with Gasteiger partial charge in [0.15, 0.2) is 0 Å². The van der Waals surface area contributed by atoms with Crippen LogP contribution in [0.1, 0.15) is 35.3 Å². The molecule has 0 fully saturated rings. The number of nitrogens with two attached hydrogens (primary N) is 1. The maximum absolute atomic E-state index is 12.8. The molecule has 5 N–H and O–H groups in total. The van der Waals surface area contributed by atoms with Crippen LogP contribution in [0.3, 0.4) is 0 Å². The molecule has 3 aromatic carbocycles. The fraction of sp³-hybridized carbons (Fsp3) is 0.259. The number of para-hydroxylation sites is 2. The van der Waals surface area contributed by atoms with Gasteiger partial charge in [0.1, 0.15) is 5.75 Å². The molecule has 0 saturated heterocycles. The first-order chi connectivity index (χ1) is 16.9. The number of ether oxygens (including phenoxy) is 1. The summed E-state index contributed by atoms with van der Waals surface area (Å²) in [5, 5.41) is 8.75. The SMILES string of the molecule is CCOc1cccc(NC(=O)NC(CCN(C)C)c2ccc(C(=O)Nc3ccccc3N)cc2)c1. The van der Waals surface area contributed by atoms with Crippen molar-refractivity contribution in [3.05, 3.63) is 83.9 Å². The van der Waals surface area contributed by atoms with Gasteiger partial charge in [0.25, 0.3) is 5.91 Å². The van der Waals surface area contributed by atoms with Crippen LogP contribution in [-0.2, 0) is 0 Å². The van der Waals surface area contributed by atoms with Crippen LogP contribution in [0, 0.1) is 0 Å². The molecule has 0 aromatic heterocycles. The molecule has 0 aliphatic rings. The van der Waals surface area contributed by atoms with Crippen molar-refractivity contribution in [2.45, 2.75) is 19.4 Å². The number of hydrogen-bond acceptors (Lipinski definition) is 5. The first kappa shape index (κ1) is 25.6. The van der Waals surface area contributed by atoms with E-state index in [1.807, 2.05) is 63.5 Å². The molecule has 0 heterocycles. The molecular weight excluding hydrogens is 442 g/mol. The summed E-state index contributed by atoms with van der Waals surface area (Å²) in [6.45, 7) is 3.24. The summed E-state index contributed by atoms with van der Waals surface area (Å²) in [6, 6.07) is 21.0. The fourth-order valence-corrected chi connectivity index (χ4v) is 3.54. The average molecular weight is 476 g/mol. The minimum Gasteiger partial charge on any atom is -0.494 e. The van der Waals surface area contributed by atoms with Crippen molar-refractivity contribution in [1.29, 1.82) is 0 Å². The minimum atomic E-state index is -0.316. The lowest BCUT2D eigenvalue weighted by molar-refractivity contribution is 0.102. The number of carbonyl (C=O) groups excluding carboxylic acids is 2. The van der Waals surface area contributed by atoms with E-state index in [-0.39, 0.29) is 18.0 Å².